The Morgan fingerprint density at radius 2 is 1.40 bits per heavy atom. The third kappa shape index (κ3) is 5.10. The molecule has 2 heterocycles. The van der Waals surface area contributed by atoms with E-state index in [2.05, 4.69) is 0 Å². The number of esters is 2. The number of benzene rings is 2. The van der Waals surface area contributed by atoms with Crippen molar-refractivity contribution in [2.45, 2.75) is 84.7 Å². The molecule has 1 aliphatic heterocycles. The second-order valence-electron chi connectivity index (χ2n) is 13.6. The van der Waals surface area contributed by atoms with Gasteiger partial charge in [-0.1, -0.05) is 42.5 Å². The molecular formula is C34H36N2O6. The van der Waals surface area contributed by atoms with E-state index in [1.165, 1.54) is 0 Å². The molecule has 1 unspecified atom stereocenters. The maximum absolute atomic E-state index is 14.4. The van der Waals surface area contributed by atoms with E-state index in [1.807, 2.05) is 45.0 Å². The van der Waals surface area contributed by atoms with E-state index in [1.54, 1.807) is 71.9 Å². The van der Waals surface area contributed by atoms with Crippen LogP contribution in [0.1, 0.15) is 89.5 Å². The molecular weight excluding hydrogens is 532 g/mol. The number of nitrogens with zero attached hydrogens (tertiary/aromatic N) is 2. The lowest BCUT2D eigenvalue weighted by molar-refractivity contribution is -0.154. The number of rotatable bonds is 2. The summed E-state index contributed by atoms with van der Waals surface area (Å²) in [6.45, 7) is 16.0. The molecule has 5 rings (SSSR count). The molecule has 0 saturated carbocycles. The van der Waals surface area contributed by atoms with Gasteiger partial charge in [0.2, 0.25) is 11.5 Å². The number of carbonyl (C=O) groups excluding carboxylic acids is 3. The normalized spacial score (nSPS) is 19.5. The van der Waals surface area contributed by atoms with Gasteiger partial charge in [0.1, 0.15) is 28.0 Å². The van der Waals surface area contributed by atoms with Gasteiger partial charge in [0, 0.05) is 22.1 Å². The predicted molar refractivity (Wildman–Crippen MR) is 159 cm³/mol. The fraction of sp³-hybridized carbons (Fsp3) is 0.382. The monoisotopic (exact) mass is 568 g/mol. The van der Waals surface area contributed by atoms with Crippen molar-refractivity contribution >= 4 is 34.5 Å². The van der Waals surface area contributed by atoms with Gasteiger partial charge in [0.05, 0.1) is 11.1 Å². The van der Waals surface area contributed by atoms with E-state index in [0.717, 1.165) is 5.39 Å². The number of aromatic nitrogens is 1. The van der Waals surface area contributed by atoms with Gasteiger partial charge < -0.3 is 14.2 Å². The molecule has 0 fully saturated rings. The lowest BCUT2D eigenvalue weighted by Crippen LogP contribution is -2.42. The molecule has 2 aliphatic rings. The van der Waals surface area contributed by atoms with Crippen molar-refractivity contribution < 1.29 is 28.6 Å². The first kappa shape index (κ1) is 29.2. The van der Waals surface area contributed by atoms with Crippen LogP contribution in [0.25, 0.3) is 10.9 Å². The number of carbonyl (C=O) groups is 3. The van der Waals surface area contributed by atoms with Crippen LogP contribution in [0.15, 0.2) is 70.7 Å². The summed E-state index contributed by atoms with van der Waals surface area (Å²) in [5.41, 5.74) is -2.89. The fourth-order valence-electron chi connectivity index (χ4n) is 5.18. The summed E-state index contributed by atoms with van der Waals surface area (Å²) in [5, 5.41) is 0.746. The van der Waals surface area contributed by atoms with Gasteiger partial charge in [-0.2, -0.15) is 0 Å². The Labute approximate surface area is 245 Å². The maximum Gasteiger partial charge on any atom is 0.344 e. The molecule has 0 amide bonds. The van der Waals surface area contributed by atoms with Crippen LogP contribution in [0.4, 0.5) is 0 Å². The van der Waals surface area contributed by atoms with E-state index in [9.17, 15) is 14.4 Å². The van der Waals surface area contributed by atoms with Crippen molar-refractivity contribution in [3.05, 3.63) is 88.1 Å². The number of aliphatic imine (C=N–C) groups is 1. The standard InChI is InChI=1S/C34H36N2O6/c1-31(2,3)36-28-24(29(38)41-32(4,5)6)25(30(39)42-33(7,8)9)34(40-28)22-16-12-11-15-20(22)26(37)21-18-19-14-10-13-17-23(19)35-27(21)34/h10-18H,1-9H3. The highest BCUT2D eigenvalue weighted by Gasteiger charge is 2.61. The quantitative estimate of drug-likeness (QED) is 0.338. The number of ketones is 1. The topological polar surface area (TPSA) is 104 Å². The Balaban J connectivity index is 1.97. The average molecular weight is 569 g/mol. The SMILES string of the molecule is CC(C)(C)N=C1OC2(C(C(=O)OC(C)(C)C)=C1C(=O)OC(C)(C)C)c1ccccc1C(=O)c1cc3ccccc3nc12. The van der Waals surface area contributed by atoms with Gasteiger partial charge in [-0.15, -0.1) is 0 Å². The molecule has 218 valence electrons. The van der Waals surface area contributed by atoms with Crippen LogP contribution in [0.5, 0.6) is 0 Å². The Morgan fingerprint density at radius 1 is 0.810 bits per heavy atom. The number of hydrogen-bond donors (Lipinski definition) is 0. The molecule has 0 N–H and O–H groups in total. The first-order valence-corrected chi connectivity index (χ1v) is 14.0. The number of pyridine rings is 1. The van der Waals surface area contributed by atoms with Crippen LogP contribution in [0.3, 0.4) is 0 Å². The summed E-state index contributed by atoms with van der Waals surface area (Å²) >= 11 is 0. The minimum Gasteiger partial charge on any atom is -0.456 e. The van der Waals surface area contributed by atoms with Crippen LogP contribution in [-0.4, -0.2) is 45.3 Å². The minimum absolute atomic E-state index is 0.0809. The summed E-state index contributed by atoms with van der Waals surface area (Å²) < 4.78 is 18.5. The highest BCUT2D eigenvalue weighted by Crippen LogP contribution is 2.53. The first-order valence-electron chi connectivity index (χ1n) is 14.0. The van der Waals surface area contributed by atoms with Crippen LogP contribution in [0, 0.1) is 0 Å². The largest absolute Gasteiger partial charge is 0.456 e. The van der Waals surface area contributed by atoms with Gasteiger partial charge in [-0.25, -0.2) is 19.6 Å². The highest BCUT2D eigenvalue weighted by atomic mass is 16.6. The highest BCUT2D eigenvalue weighted by molar-refractivity contribution is 6.26. The summed E-state index contributed by atoms with van der Waals surface area (Å²) in [6, 6.07) is 16.0. The van der Waals surface area contributed by atoms with Crippen LogP contribution >= 0.6 is 0 Å². The van der Waals surface area contributed by atoms with Gasteiger partial charge in [0.15, 0.2) is 5.78 Å². The Kier molecular flexibility index (Phi) is 6.68. The zero-order valence-electron chi connectivity index (χ0n) is 25.5. The molecule has 1 aromatic heterocycles. The van der Waals surface area contributed by atoms with E-state index < -0.39 is 34.3 Å². The van der Waals surface area contributed by atoms with Crippen molar-refractivity contribution in [2.75, 3.05) is 0 Å². The number of ether oxygens (including phenoxy) is 3. The fourth-order valence-corrected chi connectivity index (χ4v) is 5.18. The zero-order valence-corrected chi connectivity index (χ0v) is 25.5. The van der Waals surface area contributed by atoms with Crippen molar-refractivity contribution in [3.8, 4) is 0 Å². The molecule has 1 spiro atoms. The average Bonchev–Trinajstić information content (AvgIpc) is 3.19. The Morgan fingerprint density at radius 3 is 2.05 bits per heavy atom. The second-order valence-corrected chi connectivity index (χ2v) is 13.6. The number of hydrogen-bond acceptors (Lipinski definition) is 8. The van der Waals surface area contributed by atoms with Crippen molar-refractivity contribution in [2.24, 2.45) is 4.99 Å². The summed E-state index contributed by atoms with van der Waals surface area (Å²) in [4.78, 5) is 52.0. The molecule has 0 radical (unpaired) electrons. The van der Waals surface area contributed by atoms with Crippen molar-refractivity contribution in [3.63, 3.8) is 0 Å². The first-order chi connectivity index (χ1) is 19.4. The molecule has 8 nitrogen and oxygen atoms in total. The Hall–Kier alpha value is -4.33. The lowest BCUT2D eigenvalue weighted by Gasteiger charge is -2.37. The summed E-state index contributed by atoms with van der Waals surface area (Å²) in [7, 11) is 0. The third-order valence-electron chi connectivity index (χ3n) is 6.56. The minimum atomic E-state index is -1.82. The maximum atomic E-state index is 14.4. The van der Waals surface area contributed by atoms with E-state index in [-0.39, 0.29) is 34.1 Å². The molecule has 1 aliphatic carbocycles. The summed E-state index contributed by atoms with van der Waals surface area (Å²) in [6.07, 6.45) is 0. The third-order valence-corrected chi connectivity index (χ3v) is 6.56. The molecule has 0 bridgehead atoms. The molecule has 8 heteroatoms. The van der Waals surface area contributed by atoms with Crippen LogP contribution in [0.2, 0.25) is 0 Å². The van der Waals surface area contributed by atoms with Gasteiger partial charge >= 0.3 is 11.9 Å². The molecule has 42 heavy (non-hydrogen) atoms. The van der Waals surface area contributed by atoms with Gasteiger partial charge in [-0.05, 0) is 74.4 Å². The van der Waals surface area contributed by atoms with Crippen molar-refractivity contribution in [1.29, 1.82) is 0 Å². The van der Waals surface area contributed by atoms with Gasteiger partial charge in [-0.3, -0.25) is 4.79 Å². The molecule has 2 aromatic carbocycles. The predicted octanol–water partition coefficient (Wildman–Crippen LogP) is 6.23. The van der Waals surface area contributed by atoms with Crippen LogP contribution in [-0.2, 0) is 29.4 Å². The van der Waals surface area contributed by atoms with E-state index in [0.29, 0.717) is 16.6 Å². The smallest absolute Gasteiger partial charge is 0.344 e. The number of para-hydroxylation sites is 1. The Bertz CT molecular complexity index is 1710. The molecule has 3 aromatic rings. The molecule has 1 atom stereocenters. The summed E-state index contributed by atoms with van der Waals surface area (Å²) in [5.74, 6) is -1.94. The lowest BCUT2D eigenvalue weighted by atomic mass is 9.72. The van der Waals surface area contributed by atoms with E-state index in [4.69, 9.17) is 24.2 Å². The van der Waals surface area contributed by atoms with Crippen molar-refractivity contribution in [1.82, 2.24) is 4.98 Å². The van der Waals surface area contributed by atoms with Crippen LogP contribution < -0.4 is 0 Å². The van der Waals surface area contributed by atoms with Gasteiger partial charge in [0.25, 0.3) is 0 Å². The second kappa shape index (κ2) is 9.61. The molecule has 0 saturated heterocycles. The number of fused-ring (bicyclic) bond motifs is 5. The van der Waals surface area contributed by atoms with E-state index >= 15 is 0 Å². The zero-order chi connectivity index (χ0) is 30.8.